The molecule has 2 aliphatic heterocycles. The number of aromatic nitrogens is 4. The fraction of sp³-hybridized carbons (Fsp3) is 0.571. The van der Waals surface area contributed by atoms with E-state index in [1.54, 1.807) is 0 Å². The van der Waals surface area contributed by atoms with Gasteiger partial charge in [-0.15, -0.1) is 0 Å². The highest BCUT2D eigenvalue weighted by Crippen LogP contribution is 2.41. The van der Waals surface area contributed by atoms with E-state index < -0.39 is 0 Å². The van der Waals surface area contributed by atoms with Gasteiger partial charge in [-0.25, -0.2) is 9.97 Å². The van der Waals surface area contributed by atoms with E-state index in [9.17, 15) is 9.90 Å². The molecule has 0 amide bonds. The summed E-state index contributed by atoms with van der Waals surface area (Å²) < 4.78 is 6.81. The Morgan fingerprint density at radius 1 is 1.54 bits per heavy atom. The standard InChI is InChI=1S/C13H17N5O3.CH2O2/c19-6-13-5-17(2-9(13)4-21-7-13)3-10-1-11(20)18-12(16-10)14-8-15-18;2-1-3/h1,8-9,19H,2-7H2,(H,14,15,16);1H,(H,2,3)/t9-,13-;/m0./s1. The molecule has 10 heteroatoms. The lowest BCUT2D eigenvalue weighted by Crippen LogP contribution is -2.34. The van der Waals surface area contributed by atoms with Gasteiger partial charge in [-0.05, 0) is 0 Å². The number of H-pyrrole nitrogens is 1. The third-order valence-corrected chi connectivity index (χ3v) is 4.61. The molecule has 4 rings (SSSR count). The SMILES string of the molecule is O=CO.O=c1cc(CN2C[C@H]3COC[C@@]3(CO)C2)nc2nc[nH]n12. The maximum atomic E-state index is 11.9. The van der Waals surface area contributed by atoms with Crippen molar-refractivity contribution in [1.82, 2.24) is 24.5 Å². The van der Waals surface area contributed by atoms with E-state index in [4.69, 9.17) is 14.6 Å². The monoisotopic (exact) mass is 337 g/mol. The van der Waals surface area contributed by atoms with Gasteiger partial charge in [-0.3, -0.25) is 19.6 Å². The summed E-state index contributed by atoms with van der Waals surface area (Å²) in [5, 5.41) is 19.3. The van der Waals surface area contributed by atoms with Crippen LogP contribution in [0.4, 0.5) is 0 Å². The average Bonchev–Trinajstić information content (AvgIpc) is 3.21. The zero-order valence-electron chi connectivity index (χ0n) is 13.0. The molecule has 24 heavy (non-hydrogen) atoms. The Morgan fingerprint density at radius 2 is 2.33 bits per heavy atom. The normalized spacial score (nSPS) is 26.1. The maximum Gasteiger partial charge on any atom is 0.290 e. The first-order valence-corrected chi connectivity index (χ1v) is 7.53. The summed E-state index contributed by atoms with van der Waals surface area (Å²) in [5.41, 5.74) is 0.402. The molecule has 2 saturated heterocycles. The van der Waals surface area contributed by atoms with Crippen molar-refractivity contribution in [2.75, 3.05) is 32.9 Å². The number of aliphatic hydroxyl groups is 1. The van der Waals surface area contributed by atoms with Gasteiger partial charge in [0, 0.05) is 37.0 Å². The van der Waals surface area contributed by atoms with Gasteiger partial charge >= 0.3 is 0 Å². The van der Waals surface area contributed by atoms with Gasteiger partial charge in [0.2, 0.25) is 0 Å². The van der Waals surface area contributed by atoms with Crippen LogP contribution in [0.25, 0.3) is 5.78 Å². The third-order valence-electron chi connectivity index (χ3n) is 4.61. The Balaban J connectivity index is 0.000000526. The quantitative estimate of drug-likeness (QED) is 0.580. The summed E-state index contributed by atoms with van der Waals surface area (Å²) in [4.78, 5) is 30.9. The summed E-state index contributed by atoms with van der Waals surface area (Å²) in [5.74, 6) is 0.745. The minimum atomic E-state index is -0.250. The van der Waals surface area contributed by atoms with E-state index in [-0.39, 0.29) is 24.1 Å². The Kier molecular flexibility index (Phi) is 4.60. The zero-order chi connectivity index (χ0) is 17.2. The highest BCUT2D eigenvalue weighted by molar-refractivity contribution is 5.32. The van der Waals surface area contributed by atoms with E-state index in [1.165, 1.54) is 16.9 Å². The number of rotatable bonds is 3. The summed E-state index contributed by atoms with van der Waals surface area (Å²) in [6.45, 7) is 3.43. The summed E-state index contributed by atoms with van der Waals surface area (Å²) in [7, 11) is 0. The topological polar surface area (TPSA) is 133 Å². The van der Waals surface area contributed by atoms with Crippen LogP contribution in [0.1, 0.15) is 5.69 Å². The van der Waals surface area contributed by atoms with Gasteiger partial charge in [-0.2, -0.15) is 4.52 Å². The number of nitrogens with one attached hydrogen (secondary N) is 1. The molecule has 4 heterocycles. The number of nitrogens with zero attached hydrogens (tertiary/aromatic N) is 4. The highest BCUT2D eigenvalue weighted by atomic mass is 16.5. The number of fused-ring (bicyclic) bond motifs is 2. The molecule has 0 bridgehead atoms. The average molecular weight is 337 g/mol. The number of hydrogen-bond donors (Lipinski definition) is 3. The van der Waals surface area contributed by atoms with E-state index >= 15 is 0 Å². The minimum absolute atomic E-state index is 0.142. The maximum absolute atomic E-state index is 11.9. The Hall–Kier alpha value is -2.30. The number of carboxylic acid groups (broad SMARTS) is 1. The number of aromatic amines is 1. The Labute approximate surface area is 136 Å². The molecule has 3 N–H and O–H groups in total. The minimum Gasteiger partial charge on any atom is -0.483 e. The lowest BCUT2D eigenvalue weighted by atomic mass is 9.82. The van der Waals surface area contributed by atoms with Crippen LogP contribution in [-0.4, -0.2) is 74.1 Å². The van der Waals surface area contributed by atoms with Crippen LogP contribution in [-0.2, 0) is 16.1 Å². The van der Waals surface area contributed by atoms with Crippen LogP contribution in [0, 0.1) is 11.3 Å². The van der Waals surface area contributed by atoms with Crippen LogP contribution in [0.5, 0.6) is 0 Å². The van der Waals surface area contributed by atoms with E-state index in [0.717, 1.165) is 13.1 Å². The molecule has 0 radical (unpaired) electrons. The first-order valence-electron chi connectivity index (χ1n) is 7.53. The van der Waals surface area contributed by atoms with Gasteiger partial charge in [-0.1, -0.05) is 0 Å². The zero-order valence-corrected chi connectivity index (χ0v) is 13.0. The first kappa shape index (κ1) is 16.6. The molecule has 0 saturated carbocycles. The predicted octanol–water partition coefficient (Wildman–Crippen LogP) is -1.44. The van der Waals surface area contributed by atoms with Crippen LogP contribution < -0.4 is 5.56 Å². The van der Waals surface area contributed by atoms with Crippen LogP contribution in [0.2, 0.25) is 0 Å². The fourth-order valence-corrected chi connectivity index (χ4v) is 3.47. The number of ether oxygens (including phenoxy) is 1. The van der Waals surface area contributed by atoms with E-state index in [2.05, 4.69) is 20.0 Å². The van der Waals surface area contributed by atoms with Crippen molar-refractivity contribution in [3.63, 3.8) is 0 Å². The number of likely N-dealkylation sites (tertiary alicyclic amines) is 1. The van der Waals surface area contributed by atoms with Crippen LogP contribution in [0.3, 0.4) is 0 Å². The number of carbonyl (C=O) groups is 1. The molecule has 2 atom stereocenters. The van der Waals surface area contributed by atoms with Gasteiger partial charge in [0.15, 0.2) is 0 Å². The molecule has 2 aliphatic rings. The van der Waals surface area contributed by atoms with Crippen molar-refractivity contribution in [3.8, 4) is 0 Å². The lowest BCUT2D eigenvalue weighted by Gasteiger charge is -2.24. The van der Waals surface area contributed by atoms with Crippen molar-refractivity contribution >= 4 is 12.2 Å². The fourth-order valence-electron chi connectivity index (χ4n) is 3.47. The van der Waals surface area contributed by atoms with E-state index in [0.29, 0.717) is 37.1 Å². The van der Waals surface area contributed by atoms with Crippen molar-refractivity contribution in [3.05, 3.63) is 28.4 Å². The van der Waals surface area contributed by atoms with Crippen LogP contribution in [0.15, 0.2) is 17.2 Å². The molecular formula is C14H19N5O5. The van der Waals surface area contributed by atoms with E-state index in [1.807, 2.05) is 0 Å². The molecule has 130 valence electrons. The lowest BCUT2D eigenvalue weighted by molar-refractivity contribution is -0.122. The van der Waals surface area contributed by atoms with Gasteiger partial charge < -0.3 is 14.9 Å². The predicted molar refractivity (Wildman–Crippen MR) is 81.4 cm³/mol. The summed E-state index contributed by atoms with van der Waals surface area (Å²) in [6.07, 6.45) is 1.45. The highest BCUT2D eigenvalue weighted by Gasteiger charge is 2.50. The molecule has 10 nitrogen and oxygen atoms in total. The number of hydrogen-bond acceptors (Lipinski definition) is 7. The molecule has 0 aromatic carbocycles. The Morgan fingerprint density at radius 3 is 3.04 bits per heavy atom. The van der Waals surface area contributed by atoms with Crippen molar-refractivity contribution < 1.29 is 19.7 Å². The summed E-state index contributed by atoms with van der Waals surface area (Å²) in [6, 6.07) is 1.53. The molecule has 0 spiro atoms. The van der Waals surface area contributed by atoms with Crippen LogP contribution >= 0.6 is 0 Å². The summed E-state index contributed by atoms with van der Waals surface area (Å²) >= 11 is 0. The van der Waals surface area contributed by atoms with Gasteiger partial charge in [0.25, 0.3) is 17.8 Å². The molecule has 2 aromatic heterocycles. The third kappa shape index (κ3) is 2.90. The molecule has 2 aromatic rings. The molecule has 0 aliphatic carbocycles. The van der Waals surface area contributed by atoms with Gasteiger partial charge in [0.05, 0.1) is 25.5 Å². The smallest absolute Gasteiger partial charge is 0.290 e. The second-order valence-corrected chi connectivity index (χ2v) is 6.12. The Bertz CT molecular complexity index is 774. The van der Waals surface area contributed by atoms with Crippen molar-refractivity contribution in [2.45, 2.75) is 6.54 Å². The second kappa shape index (κ2) is 6.67. The first-order chi connectivity index (χ1) is 11.6. The number of aliphatic hydroxyl groups excluding tert-OH is 1. The molecule has 0 unspecified atom stereocenters. The largest absolute Gasteiger partial charge is 0.483 e. The van der Waals surface area contributed by atoms with Crippen molar-refractivity contribution in [1.29, 1.82) is 0 Å². The second-order valence-electron chi connectivity index (χ2n) is 6.12. The van der Waals surface area contributed by atoms with Crippen molar-refractivity contribution in [2.24, 2.45) is 11.3 Å². The molecule has 2 fully saturated rings. The van der Waals surface area contributed by atoms with Gasteiger partial charge in [0.1, 0.15) is 6.33 Å². The molecular weight excluding hydrogens is 318 g/mol.